The number of esters is 1. The Bertz CT molecular complexity index is 972. The summed E-state index contributed by atoms with van der Waals surface area (Å²) in [6.07, 6.45) is 1.61. The minimum atomic E-state index is -3.77. The third-order valence-electron chi connectivity index (χ3n) is 4.18. The van der Waals surface area contributed by atoms with Gasteiger partial charge in [0.05, 0.1) is 17.7 Å². The number of hydrogen-bond donors (Lipinski definition) is 0. The van der Waals surface area contributed by atoms with Gasteiger partial charge in [0.25, 0.3) is 0 Å². The van der Waals surface area contributed by atoms with Gasteiger partial charge in [-0.2, -0.15) is 4.31 Å². The third kappa shape index (κ3) is 4.21. The predicted molar refractivity (Wildman–Crippen MR) is 102 cm³/mol. The number of ether oxygens (including phenoxy) is 2. The lowest BCUT2D eigenvalue weighted by molar-refractivity contribution is 0.0734. The van der Waals surface area contributed by atoms with E-state index in [-0.39, 0.29) is 27.0 Å². The molecule has 0 atom stereocenters. The number of carbonyl (C=O) groups is 1. The van der Waals surface area contributed by atoms with Crippen molar-refractivity contribution in [3.8, 4) is 11.5 Å². The molecule has 27 heavy (non-hydrogen) atoms. The van der Waals surface area contributed by atoms with Crippen LogP contribution in [0.25, 0.3) is 0 Å². The largest absolute Gasteiger partial charge is 0.495 e. The molecule has 1 fully saturated rings. The summed E-state index contributed by atoms with van der Waals surface area (Å²) in [6, 6.07) is 8.58. The van der Waals surface area contributed by atoms with Crippen molar-refractivity contribution < 1.29 is 22.7 Å². The van der Waals surface area contributed by atoms with E-state index in [0.29, 0.717) is 18.1 Å². The second-order valence-electron chi connectivity index (χ2n) is 5.94. The van der Waals surface area contributed by atoms with Crippen LogP contribution in [-0.2, 0) is 10.0 Å². The first-order chi connectivity index (χ1) is 12.8. The van der Waals surface area contributed by atoms with Crippen LogP contribution in [0.3, 0.4) is 0 Å². The molecule has 0 N–H and O–H groups in total. The predicted octanol–water partition coefficient (Wildman–Crippen LogP) is 4.01. The maximum atomic E-state index is 12.9. The molecule has 0 amide bonds. The van der Waals surface area contributed by atoms with Gasteiger partial charge in [-0.05, 0) is 49.2 Å². The molecular weight excluding hydrogens is 413 g/mol. The molecule has 1 aliphatic heterocycles. The molecule has 144 valence electrons. The molecule has 1 aliphatic rings. The van der Waals surface area contributed by atoms with Gasteiger partial charge in [0.1, 0.15) is 16.4 Å². The van der Waals surface area contributed by atoms with Crippen molar-refractivity contribution in [1.82, 2.24) is 4.31 Å². The normalized spacial score (nSPS) is 14.9. The minimum absolute atomic E-state index is 0.0662. The smallest absolute Gasteiger partial charge is 0.343 e. The number of hydrogen-bond acceptors (Lipinski definition) is 5. The first kappa shape index (κ1) is 19.9. The Balaban J connectivity index is 1.93. The van der Waals surface area contributed by atoms with E-state index in [2.05, 4.69) is 0 Å². The maximum absolute atomic E-state index is 12.9. The molecular formula is C18H17Cl2NO5S. The van der Waals surface area contributed by atoms with Crippen molar-refractivity contribution in [1.29, 1.82) is 0 Å². The first-order valence-electron chi connectivity index (χ1n) is 8.18. The van der Waals surface area contributed by atoms with Crippen molar-refractivity contribution >= 4 is 39.2 Å². The Hall–Kier alpha value is -1.80. The molecule has 0 aromatic heterocycles. The summed E-state index contributed by atoms with van der Waals surface area (Å²) in [5.41, 5.74) is 0.0691. The molecule has 2 aromatic carbocycles. The van der Waals surface area contributed by atoms with Gasteiger partial charge in [0, 0.05) is 18.1 Å². The summed E-state index contributed by atoms with van der Waals surface area (Å²) < 4.78 is 37.6. The molecule has 0 unspecified atom stereocenters. The topological polar surface area (TPSA) is 72.9 Å². The maximum Gasteiger partial charge on any atom is 0.343 e. The van der Waals surface area contributed by atoms with Crippen LogP contribution in [-0.4, -0.2) is 38.9 Å². The zero-order valence-electron chi connectivity index (χ0n) is 14.4. The number of carbonyl (C=O) groups excluding carboxylic acids is 1. The molecule has 0 spiro atoms. The Kier molecular flexibility index (Phi) is 5.95. The number of nitrogens with zero attached hydrogens (tertiary/aromatic N) is 1. The Morgan fingerprint density at radius 2 is 1.70 bits per heavy atom. The van der Waals surface area contributed by atoms with Gasteiger partial charge in [-0.15, -0.1) is 0 Å². The van der Waals surface area contributed by atoms with Gasteiger partial charge in [-0.25, -0.2) is 13.2 Å². The van der Waals surface area contributed by atoms with Crippen LogP contribution < -0.4 is 9.47 Å². The SMILES string of the molecule is COc1ccc(C(=O)Oc2ccc(Cl)cc2Cl)cc1S(=O)(=O)N1CCCC1. The van der Waals surface area contributed by atoms with E-state index < -0.39 is 16.0 Å². The fourth-order valence-electron chi connectivity index (χ4n) is 2.79. The Labute approximate surface area is 167 Å². The van der Waals surface area contributed by atoms with Crippen LogP contribution in [0.5, 0.6) is 11.5 Å². The quantitative estimate of drug-likeness (QED) is 0.530. The molecule has 1 saturated heterocycles. The molecule has 2 aromatic rings. The van der Waals surface area contributed by atoms with Crippen molar-refractivity contribution in [2.75, 3.05) is 20.2 Å². The Morgan fingerprint density at radius 3 is 2.33 bits per heavy atom. The standard InChI is InChI=1S/C18H17Cl2NO5S/c1-25-16-6-4-12(10-17(16)27(23,24)21-8-2-3-9-21)18(22)26-15-7-5-13(19)11-14(15)20/h4-7,10-11H,2-3,8-9H2,1H3. The van der Waals surface area contributed by atoms with E-state index in [1.165, 1.54) is 47.8 Å². The van der Waals surface area contributed by atoms with E-state index in [1.807, 2.05) is 0 Å². The van der Waals surface area contributed by atoms with Gasteiger partial charge >= 0.3 is 5.97 Å². The van der Waals surface area contributed by atoms with Gasteiger partial charge in [0.15, 0.2) is 0 Å². The van der Waals surface area contributed by atoms with Crippen LogP contribution in [0, 0.1) is 0 Å². The third-order valence-corrected chi connectivity index (χ3v) is 6.63. The van der Waals surface area contributed by atoms with Crippen LogP contribution in [0.15, 0.2) is 41.3 Å². The van der Waals surface area contributed by atoms with Gasteiger partial charge in [-0.3, -0.25) is 0 Å². The average Bonchev–Trinajstić information content (AvgIpc) is 3.19. The molecule has 0 radical (unpaired) electrons. The summed E-state index contributed by atoms with van der Waals surface area (Å²) in [6.45, 7) is 0.890. The number of sulfonamides is 1. The van der Waals surface area contributed by atoms with Crippen LogP contribution in [0.2, 0.25) is 10.0 Å². The second kappa shape index (κ2) is 8.06. The molecule has 0 saturated carbocycles. The first-order valence-corrected chi connectivity index (χ1v) is 10.4. The zero-order chi connectivity index (χ0) is 19.6. The summed E-state index contributed by atoms with van der Waals surface area (Å²) in [5, 5.41) is 0.581. The van der Waals surface area contributed by atoms with Crippen LogP contribution in [0.1, 0.15) is 23.2 Å². The lowest BCUT2D eigenvalue weighted by Gasteiger charge is -2.18. The van der Waals surface area contributed by atoms with Gasteiger partial charge in [0.2, 0.25) is 10.0 Å². The Morgan fingerprint density at radius 1 is 1.04 bits per heavy atom. The van der Waals surface area contributed by atoms with Crippen LogP contribution >= 0.6 is 23.2 Å². The second-order valence-corrected chi connectivity index (χ2v) is 8.69. The molecule has 1 heterocycles. The van der Waals surface area contributed by atoms with Gasteiger partial charge in [-0.1, -0.05) is 23.2 Å². The summed E-state index contributed by atoms with van der Waals surface area (Å²) in [5.74, 6) is -0.437. The molecule has 0 aliphatic carbocycles. The minimum Gasteiger partial charge on any atom is -0.495 e. The highest BCUT2D eigenvalue weighted by Crippen LogP contribution is 2.31. The zero-order valence-corrected chi connectivity index (χ0v) is 16.8. The summed E-state index contributed by atoms with van der Waals surface area (Å²) in [4.78, 5) is 12.4. The monoisotopic (exact) mass is 429 g/mol. The molecule has 3 rings (SSSR count). The summed E-state index contributed by atoms with van der Waals surface area (Å²) >= 11 is 11.8. The van der Waals surface area contributed by atoms with Crippen molar-refractivity contribution in [3.63, 3.8) is 0 Å². The van der Waals surface area contributed by atoms with E-state index >= 15 is 0 Å². The van der Waals surface area contributed by atoms with Crippen LogP contribution in [0.4, 0.5) is 0 Å². The number of rotatable bonds is 5. The molecule has 6 nitrogen and oxygen atoms in total. The lowest BCUT2D eigenvalue weighted by atomic mass is 10.2. The molecule has 0 bridgehead atoms. The van der Waals surface area contributed by atoms with E-state index in [4.69, 9.17) is 32.7 Å². The van der Waals surface area contributed by atoms with E-state index in [1.54, 1.807) is 0 Å². The van der Waals surface area contributed by atoms with E-state index in [9.17, 15) is 13.2 Å². The average molecular weight is 430 g/mol. The highest BCUT2D eigenvalue weighted by molar-refractivity contribution is 7.89. The van der Waals surface area contributed by atoms with Crippen molar-refractivity contribution in [2.24, 2.45) is 0 Å². The highest BCUT2D eigenvalue weighted by Gasteiger charge is 2.31. The lowest BCUT2D eigenvalue weighted by Crippen LogP contribution is -2.28. The fourth-order valence-corrected chi connectivity index (χ4v) is 4.94. The van der Waals surface area contributed by atoms with Gasteiger partial charge < -0.3 is 9.47 Å². The number of methoxy groups -OCH3 is 1. The number of halogens is 2. The molecule has 9 heteroatoms. The number of benzene rings is 2. The summed E-state index contributed by atoms with van der Waals surface area (Å²) in [7, 11) is -2.39. The fraction of sp³-hybridized carbons (Fsp3) is 0.278. The van der Waals surface area contributed by atoms with Crippen molar-refractivity contribution in [2.45, 2.75) is 17.7 Å². The van der Waals surface area contributed by atoms with E-state index in [0.717, 1.165) is 12.8 Å². The van der Waals surface area contributed by atoms with Crippen molar-refractivity contribution in [3.05, 3.63) is 52.0 Å². The highest BCUT2D eigenvalue weighted by atomic mass is 35.5.